The zero-order valence-electron chi connectivity index (χ0n) is 8.19. The molecule has 0 aromatic carbocycles. The zero-order chi connectivity index (χ0) is 11.9. The Labute approximate surface area is 108 Å². The third-order valence-electron chi connectivity index (χ3n) is 2.43. The number of rotatable bonds is 2. The Kier molecular flexibility index (Phi) is 3.49. The minimum Gasteiger partial charge on any atom is -0.326 e. The van der Waals surface area contributed by atoms with Crippen LogP contribution in [0.1, 0.15) is 6.42 Å². The maximum absolute atomic E-state index is 12.1. The molecular formula is C8H10Cl2N2O2S2. The summed E-state index contributed by atoms with van der Waals surface area (Å²) in [6, 6.07) is 1.29. The van der Waals surface area contributed by atoms with E-state index in [0.29, 0.717) is 23.8 Å². The van der Waals surface area contributed by atoms with E-state index in [1.54, 1.807) is 0 Å². The molecule has 2 N–H and O–H groups in total. The normalized spacial score (nSPS) is 22.8. The Morgan fingerprint density at radius 2 is 2.19 bits per heavy atom. The van der Waals surface area contributed by atoms with E-state index < -0.39 is 10.0 Å². The number of thiophene rings is 1. The van der Waals surface area contributed by atoms with Gasteiger partial charge >= 0.3 is 0 Å². The lowest BCUT2D eigenvalue weighted by Gasteiger charge is -2.14. The fourth-order valence-electron chi connectivity index (χ4n) is 1.61. The summed E-state index contributed by atoms with van der Waals surface area (Å²) < 4.78 is 26.2. The summed E-state index contributed by atoms with van der Waals surface area (Å²) >= 11 is 12.6. The van der Waals surface area contributed by atoms with Gasteiger partial charge < -0.3 is 5.73 Å². The van der Waals surface area contributed by atoms with Crippen molar-refractivity contribution in [1.29, 1.82) is 0 Å². The second-order valence-corrected chi connectivity index (χ2v) is 7.79. The van der Waals surface area contributed by atoms with E-state index in [9.17, 15) is 8.42 Å². The lowest BCUT2D eigenvalue weighted by Crippen LogP contribution is -2.31. The van der Waals surface area contributed by atoms with E-state index in [0.717, 1.165) is 11.3 Å². The van der Waals surface area contributed by atoms with E-state index in [1.807, 2.05) is 0 Å². The summed E-state index contributed by atoms with van der Waals surface area (Å²) in [6.07, 6.45) is 0.675. The highest BCUT2D eigenvalue weighted by Gasteiger charge is 2.33. The predicted molar refractivity (Wildman–Crippen MR) is 65.7 cm³/mol. The van der Waals surface area contributed by atoms with E-state index in [4.69, 9.17) is 28.9 Å². The summed E-state index contributed by atoms with van der Waals surface area (Å²) in [7, 11) is -3.53. The quantitative estimate of drug-likeness (QED) is 0.905. The van der Waals surface area contributed by atoms with Crippen molar-refractivity contribution >= 4 is 44.6 Å². The third kappa shape index (κ3) is 2.23. The fraction of sp³-hybridized carbons (Fsp3) is 0.500. The van der Waals surface area contributed by atoms with Gasteiger partial charge in [0, 0.05) is 19.1 Å². The van der Waals surface area contributed by atoms with Crippen LogP contribution in [0.2, 0.25) is 8.67 Å². The Hall–Kier alpha value is 0.150. The minimum atomic E-state index is -3.53. The lowest BCUT2D eigenvalue weighted by atomic mass is 10.3. The average Bonchev–Trinajstić information content (AvgIpc) is 2.73. The summed E-state index contributed by atoms with van der Waals surface area (Å²) in [5.41, 5.74) is 5.68. The Morgan fingerprint density at radius 1 is 1.50 bits per heavy atom. The topological polar surface area (TPSA) is 63.4 Å². The first kappa shape index (κ1) is 12.6. The molecule has 0 radical (unpaired) electrons. The first-order valence-electron chi connectivity index (χ1n) is 4.62. The molecule has 90 valence electrons. The highest BCUT2D eigenvalue weighted by Crippen LogP contribution is 2.36. The predicted octanol–water partition coefficient (Wildman–Crippen LogP) is 1.78. The molecule has 1 fully saturated rings. The largest absolute Gasteiger partial charge is 0.326 e. The molecule has 2 rings (SSSR count). The van der Waals surface area contributed by atoms with Gasteiger partial charge in [-0.15, -0.1) is 11.3 Å². The number of hydrogen-bond acceptors (Lipinski definition) is 4. The Balaban J connectivity index is 2.36. The minimum absolute atomic E-state index is 0.0817. The SMILES string of the molecule is N[C@@H]1CCN(S(=O)(=O)c2cc(Cl)sc2Cl)C1. The van der Waals surface area contributed by atoms with Crippen LogP contribution in [0.15, 0.2) is 11.0 Å². The first-order valence-corrected chi connectivity index (χ1v) is 7.63. The van der Waals surface area contributed by atoms with Crippen LogP contribution < -0.4 is 5.73 Å². The zero-order valence-corrected chi connectivity index (χ0v) is 11.3. The molecule has 2 heterocycles. The number of nitrogens with two attached hydrogens (primary N) is 1. The van der Waals surface area contributed by atoms with Gasteiger partial charge in [-0.3, -0.25) is 0 Å². The lowest BCUT2D eigenvalue weighted by molar-refractivity contribution is 0.473. The summed E-state index contributed by atoms with van der Waals surface area (Å²) in [6.45, 7) is 0.777. The summed E-state index contributed by atoms with van der Waals surface area (Å²) in [4.78, 5) is 0.0817. The molecule has 1 saturated heterocycles. The van der Waals surface area contributed by atoms with E-state index >= 15 is 0 Å². The Morgan fingerprint density at radius 3 is 2.62 bits per heavy atom. The maximum atomic E-state index is 12.1. The molecular weight excluding hydrogens is 291 g/mol. The fourth-order valence-corrected chi connectivity index (χ4v) is 5.24. The summed E-state index contributed by atoms with van der Waals surface area (Å²) in [5.74, 6) is 0. The van der Waals surface area contributed by atoms with Crippen molar-refractivity contribution in [2.75, 3.05) is 13.1 Å². The second kappa shape index (κ2) is 4.44. The van der Waals surface area contributed by atoms with E-state index in [2.05, 4.69) is 0 Å². The van der Waals surface area contributed by atoms with Crippen molar-refractivity contribution in [2.24, 2.45) is 5.73 Å². The van der Waals surface area contributed by atoms with Crippen LogP contribution in [0.25, 0.3) is 0 Å². The smallest absolute Gasteiger partial charge is 0.245 e. The highest BCUT2D eigenvalue weighted by atomic mass is 35.5. The molecule has 1 aliphatic rings. The van der Waals surface area contributed by atoms with Crippen LogP contribution in [0.4, 0.5) is 0 Å². The number of halogens is 2. The molecule has 8 heteroatoms. The van der Waals surface area contributed by atoms with Crippen LogP contribution in [-0.4, -0.2) is 31.9 Å². The molecule has 0 amide bonds. The van der Waals surface area contributed by atoms with Crippen LogP contribution in [0.3, 0.4) is 0 Å². The molecule has 16 heavy (non-hydrogen) atoms. The van der Waals surface area contributed by atoms with Gasteiger partial charge in [-0.2, -0.15) is 4.31 Å². The Bertz CT molecular complexity index is 500. The van der Waals surface area contributed by atoms with Gasteiger partial charge in [0.05, 0.1) is 4.34 Å². The third-order valence-corrected chi connectivity index (χ3v) is 6.05. The van der Waals surface area contributed by atoms with Crippen molar-refractivity contribution in [3.05, 3.63) is 14.7 Å². The van der Waals surface area contributed by atoms with E-state index in [1.165, 1.54) is 10.4 Å². The molecule has 1 atom stereocenters. The van der Waals surface area contributed by atoms with Gasteiger partial charge in [0.2, 0.25) is 10.0 Å². The van der Waals surface area contributed by atoms with Gasteiger partial charge in [0.15, 0.2) is 0 Å². The molecule has 1 aliphatic heterocycles. The molecule has 0 bridgehead atoms. The molecule has 1 aromatic rings. The number of nitrogens with zero attached hydrogens (tertiary/aromatic N) is 1. The van der Waals surface area contributed by atoms with Gasteiger partial charge in [0.25, 0.3) is 0 Å². The van der Waals surface area contributed by atoms with Gasteiger partial charge in [-0.1, -0.05) is 23.2 Å². The number of hydrogen-bond donors (Lipinski definition) is 1. The highest BCUT2D eigenvalue weighted by molar-refractivity contribution is 7.89. The van der Waals surface area contributed by atoms with Gasteiger partial charge in [-0.25, -0.2) is 8.42 Å². The van der Waals surface area contributed by atoms with Crippen molar-refractivity contribution in [2.45, 2.75) is 17.4 Å². The number of sulfonamides is 1. The molecule has 1 aromatic heterocycles. The van der Waals surface area contributed by atoms with Crippen LogP contribution in [-0.2, 0) is 10.0 Å². The maximum Gasteiger partial charge on any atom is 0.245 e. The second-order valence-electron chi connectivity index (χ2n) is 3.60. The standard InChI is InChI=1S/C8H10Cl2N2O2S2/c9-7-3-6(8(10)15-7)16(13,14)12-2-1-5(11)4-12/h3,5H,1-2,4,11H2/t5-/m1/s1. The van der Waals surface area contributed by atoms with Crippen molar-refractivity contribution < 1.29 is 8.42 Å². The molecule has 0 aliphatic carbocycles. The van der Waals surface area contributed by atoms with Gasteiger partial charge in [-0.05, 0) is 12.5 Å². The van der Waals surface area contributed by atoms with E-state index in [-0.39, 0.29) is 15.3 Å². The molecule has 0 spiro atoms. The first-order chi connectivity index (χ1) is 7.41. The molecule has 4 nitrogen and oxygen atoms in total. The van der Waals surface area contributed by atoms with Crippen molar-refractivity contribution in [3.8, 4) is 0 Å². The van der Waals surface area contributed by atoms with Crippen molar-refractivity contribution in [1.82, 2.24) is 4.31 Å². The average molecular weight is 301 g/mol. The van der Waals surface area contributed by atoms with Gasteiger partial charge in [0.1, 0.15) is 9.23 Å². The monoisotopic (exact) mass is 300 g/mol. The van der Waals surface area contributed by atoms with Crippen LogP contribution >= 0.6 is 34.5 Å². The van der Waals surface area contributed by atoms with Crippen LogP contribution in [0, 0.1) is 0 Å². The summed E-state index contributed by atoms with van der Waals surface area (Å²) in [5, 5.41) is 0. The molecule has 0 unspecified atom stereocenters. The van der Waals surface area contributed by atoms with Crippen molar-refractivity contribution in [3.63, 3.8) is 0 Å². The van der Waals surface area contributed by atoms with Crippen LogP contribution in [0.5, 0.6) is 0 Å². The molecule has 0 saturated carbocycles.